The molecule has 0 spiro atoms. The first kappa shape index (κ1) is 13.8. The lowest BCUT2D eigenvalue weighted by molar-refractivity contribution is 0.174. The second-order valence-corrected chi connectivity index (χ2v) is 6.40. The normalized spacial score (nSPS) is 38.6. The van der Waals surface area contributed by atoms with Crippen LogP contribution in [0.2, 0.25) is 0 Å². The van der Waals surface area contributed by atoms with Crippen molar-refractivity contribution in [1.82, 2.24) is 9.80 Å². The summed E-state index contributed by atoms with van der Waals surface area (Å²) in [5.41, 5.74) is 0. The molecule has 1 aliphatic heterocycles. The van der Waals surface area contributed by atoms with Crippen molar-refractivity contribution < 1.29 is 0 Å². The van der Waals surface area contributed by atoms with Crippen LogP contribution in [0.15, 0.2) is 0 Å². The average Bonchev–Trinajstić information content (AvgIpc) is 2.59. The van der Waals surface area contributed by atoms with E-state index in [1.54, 1.807) is 0 Å². The number of likely N-dealkylation sites (tertiary alicyclic amines) is 1. The Hall–Kier alpha value is -0.590. The third-order valence-corrected chi connectivity index (χ3v) is 4.88. The number of nitrogens with zero attached hydrogens (tertiary/aromatic N) is 3. The van der Waals surface area contributed by atoms with Gasteiger partial charge in [-0.15, -0.1) is 0 Å². The predicted octanol–water partition coefficient (Wildman–Crippen LogP) is 2.34. The van der Waals surface area contributed by atoms with Gasteiger partial charge in [-0.1, -0.05) is 26.2 Å². The number of nitriles is 1. The number of likely N-dealkylation sites (N-methyl/N-ethyl adjacent to an activating group) is 1. The molecular formula is C15H27N3. The van der Waals surface area contributed by atoms with Crippen LogP contribution in [-0.4, -0.2) is 49.1 Å². The van der Waals surface area contributed by atoms with Crippen LogP contribution in [0.4, 0.5) is 0 Å². The van der Waals surface area contributed by atoms with Crippen molar-refractivity contribution in [2.75, 3.05) is 27.2 Å². The molecule has 0 N–H and O–H groups in total. The SMILES string of the molecule is CC1CN(C2CCCCCC2C#N)CC1N(C)C. The zero-order valence-electron chi connectivity index (χ0n) is 12.1. The van der Waals surface area contributed by atoms with Gasteiger partial charge in [-0.3, -0.25) is 4.90 Å². The lowest BCUT2D eigenvalue weighted by Crippen LogP contribution is -2.40. The third-order valence-electron chi connectivity index (χ3n) is 4.88. The molecule has 0 aromatic carbocycles. The molecule has 3 nitrogen and oxygen atoms in total. The van der Waals surface area contributed by atoms with E-state index in [-0.39, 0.29) is 5.92 Å². The average molecular weight is 249 g/mol. The first-order chi connectivity index (χ1) is 8.63. The molecule has 0 amide bonds. The van der Waals surface area contributed by atoms with E-state index in [2.05, 4.69) is 36.9 Å². The lowest BCUT2D eigenvalue weighted by Gasteiger charge is -2.30. The number of rotatable bonds is 2. The van der Waals surface area contributed by atoms with Crippen LogP contribution in [0.1, 0.15) is 39.0 Å². The fourth-order valence-electron chi connectivity index (χ4n) is 3.81. The Morgan fingerprint density at radius 1 is 1.11 bits per heavy atom. The van der Waals surface area contributed by atoms with Gasteiger partial charge < -0.3 is 4.90 Å². The van der Waals surface area contributed by atoms with Gasteiger partial charge >= 0.3 is 0 Å². The standard InChI is InChI=1S/C15H27N3/c1-12-10-18(11-15(12)17(2)3)14-8-6-4-5-7-13(14)9-16/h12-15H,4-8,10-11H2,1-3H3. The van der Waals surface area contributed by atoms with E-state index in [1.807, 2.05) is 0 Å². The van der Waals surface area contributed by atoms with Crippen LogP contribution in [-0.2, 0) is 0 Å². The highest BCUT2D eigenvalue weighted by atomic mass is 15.3. The molecule has 4 atom stereocenters. The van der Waals surface area contributed by atoms with Crippen LogP contribution in [0.3, 0.4) is 0 Å². The summed E-state index contributed by atoms with van der Waals surface area (Å²) in [7, 11) is 4.36. The molecule has 1 aliphatic carbocycles. The van der Waals surface area contributed by atoms with Crippen molar-refractivity contribution in [2.24, 2.45) is 11.8 Å². The van der Waals surface area contributed by atoms with Gasteiger partial charge in [0.25, 0.3) is 0 Å². The van der Waals surface area contributed by atoms with Crippen LogP contribution in [0, 0.1) is 23.2 Å². The van der Waals surface area contributed by atoms with Gasteiger partial charge in [0, 0.05) is 25.2 Å². The van der Waals surface area contributed by atoms with Crippen LogP contribution < -0.4 is 0 Å². The summed E-state index contributed by atoms with van der Waals surface area (Å²) in [5, 5.41) is 9.40. The second-order valence-electron chi connectivity index (χ2n) is 6.40. The molecule has 1 saturated carbocycles. The Kier molecular flexibility index (Phi) is 4.64. The van der Waals surface area contributed by atoms with Gasteiger partial charge in [-0.05, 0) is 32.9 Å². The summed E-state index contributed by atoms with van der Waals surface area (Å²) in [4.78, 5) is 4.96. The van der Waals surface area contributed by atoms with Gasteiger partial charge in [-0.2, -0.15) is 5.26 Å². The van der Waals surface area contributed by atoms with Crippen molar-refractivity contribution in [3.05, 3.63) is 0 Å². The summed E-state index contributed by atoms with van der Waals surface area (Å²) >= 11 is 0. The molecule has 2 aliphatic rings. The molecule has 2 rings (SSSR count). The first-order valence-electron chi connectivity index (χ1n) is 7.43. The van der Waals surface area contributed by atoms with E-state index in [4.69, 9.17) is 0 Å². The molecule has 4 unspecified atom stereocenters. The quantitative estimate of drug-likeness (QED) is 0.704. The second kappa shape index (κ2) is 6.04. The topological polar surface area (TPSA) is 30.3 Å². The Morgan fingerprint density at radius 2 is 1.83 bits per heavy atom. The minimum absolute atomic E-state index is 0.264. The summed E-state index contributed by atoms with van der Waals surface area (Å²) < 4.78 is 0. The highest BCUT2D eigenvalue weighted by Gasteiger charge is 2.37. The molecule has 0 radical (unpaired) electrons. The predicted molar refractivity (Wildman–Crippen MR) is 74.2 cm³/mol. The molecule has 0 aromatic heterocycles. The zero-order valence-corrected chi connectivity index (χ0v) is 12.1. The summed E-state index contributed by atoms with van der Waals surface area (Å²) in [6, 6.07) is 3.75. The van der Waals surface area contributed by atoms with Crippen molar-refractivity contribution in [1.29, 1.82) is 5.26 Å². The van der Waals surface area contributed by atoms with Gasteiger partial charge in [0.1, 0.15) is 0 Å². The molecular weight excluding hydrogens is 222 g/mol. The largest absolute Gasteiger partial charge is 0.305 e. The zero-order chi connectivity index (χ0) is 13.1. The van der Waals surface area contributed by atoms with Crippen molar-refractivity contribution in [2.45, 2.75) is 51.1 Å². The summed E-state index contributed by atoms with van der Waals surface area (Å²) in [6.45, 7) is 4.67. The Morgan fingerprint density at radius 3 is 2.44 bits per heavy atom. The fraction of sp³-hybridized carbons (Fsp3) is 0.933. The van der Waals surface area contributed by atoms with E-state index in [1.165, 1.54) is 32.2 Å². The molecule has 102 valence electrons. The van der Waals surface area contributed by atoms with Crippen molar-refractivity contribution >= 4 is 0 Å². The van der Waals surface area contributed by atoms with E-state index >= 15 is 0 Å². The molecule has 0 aromatic rings. The van der Waals surface area contributed by atoms with Crippen LogP contribution >= 0.6 is 0 Å². The molecule has 1 saturated heterocycles. The minimum atomic E-state index is 0.264. The maximum atomic E-state index is 9.40. The highest BCUT2D eigenvalue weighted by molar-refractivity contribution is 4.98. The fourth-order valence-corrected chi connectivity index (χ4v) is 3.81. The number of hydrogen-bond acceptors (Lipinski definition) is 3. The third kappa shape index (κ3) is 2.87. The maximum absolute atomic E-state index is 9.40. The van der Waals surface area contributed by atoms with E-state index in [0.29, 0.717) is 12.1 Å². The Labute approximate surface area is 112 Å². The Bertz CT molecular complexity index is 307. The van der Waals surface area contributed by atoms with E-state index in [0.717, 1.165) is 18.9 Å². The minimum Gasteiger partial charge on any atom is -0.305 e. The van der Waals surface area contributed by atoms with E-state index < -0.39 is 0 Å². The molecule has 1 heterocycles. The monoisotopic (exact) mass is 249 g/mol. The van der Waals surface area contributed by atoms with Crippen LogP contribution in [0.5, 0.6) is 0 Å². The van der Waals surface area contributed by atoms with Crippen LogP contribution in [0.25, 0.3) is 0 Å². The van der Waals surface area contributed by atoms with Gasteiger partial charge in [0.15, 0.2) is 0 Å². The first-order valence-corrected chi connectivity index (χ1v) is 7.43. The molecule has 2 fully saturated rings. The lowest BCUT2D eigenvalue weighted by atomic mass is 9.95. The summed E-state index contributed by atoms with van der Waals surface area (Å²) in [5.74, 6) is 0.989. The summed E-state index contributed by atoms with van der Waals surface area (Å²) in [6.07, 6.45) is 6.20. The smallest absolute Gasteiger partial charge is 0.0672 e. The highest BCUT2D eigenvalue weighted by Crippen LogP contribution is 2.31. The van der Waals surface area contributed by atoms with Gasteiger partial charge in [-0.25, -0.2) is 0 Å². The molecule has 3 heteroatoms. The molecule has 0 bridgehead atoms. The van der Waals surface area contributed by atoms with Crippen molar-refractivity contribution in [3.8, 4) is 6.07 Å². The number of hydrogen-bond donors (Lipinski definition) is 0. The van der Waals surface area contributed by atoms with Crippen molar-refractivity contribution in [3.63, 3.8) is 0 Å². The maximum Gasteiger partial charge on any atom is 0.0672 e. The van der Waals surface area contributed by atoms with Gasteiger partial charge in [0.05, 0.1) is 12.0 Å². The van der Waals surface area contributed by atoms with E-state index in [9.17, 15) is 5.26 Å². The Balaban J connectivity index is 2.04. The van der Waals surface area contributed by atoms with Gasteiger partial charge in [0.2, 0.25) is 0 Å². The molecule has 18 heavy (non-hydrogen) atoms.